The first kappa shape index (κ1) is 22.8. The van der Waals surface area contributed by atoms with Gasteiger partial charge in [-0.15, -0.1) is 0 Å². The van der Waals surface area contributed by atoms with Gasteiger partial charge in [-0.05, 0) is 73.6 Å². The average Bonchev–Trinajstić information content (AvgIpc) is 3.17. The third-order valence-corrected chi connectivity index (χ3v) is 5.95. The third kappa shape index (κ3) is 6.05. The molecule has 0 aromatic heterocycles. The fourth-order valence-corrected chi connectivity index (χ4v) is 4.52. The van der Waals surface area contributed by atoms with E-state index < -0.39 is 6.09 Å². The Kier molecular flexibility index (Phi) is 8.29. The maximum absolute atomic E-state index is 12.3. The summed E-state index contributed by atoms with van der Waals surface area (Å²) in [6, 6.07) is 9.76. The van der Waals surface area contributed by atoms with Gasteiger partial charge in [0.2, 0.25) is 0 Å². The fourth-order valence-electron chi connectivity index (χ4n) is 3.95. The predicted octanol–water partition coefficient (Wildman–Crippen LogP) is 6.53. The number of fused-ring (bicyclic) bond motifs is 1. The van der Waals surface area contributed by atoms with Crippen LogP contribution < -0.4 is 10.2 Å². The van der Waals surface area contributed by atoms with Crippen LogP contribution in [0.2, 0.25) is 10.0 Å². The molecule has 162 valence electrons. The standard InChI is InChI=1S/C24H30Cl2N2O2/c1-3-5-9-28(4-2)23-13-19-8-6-7-18(19)12-20(23)16-30-24(29)27-15-17-10-21(25)14-22(26)11-17/h10-14H,3-9,15-16H2,1-2H3,(H,27,29). The Bertz CT molecular complexity index is 865. The number of carbonyl (C=O) groups excluding carboxylic acids is 1. The molecule has 4 nitrogen and oxygen atoms in total. The highest BCUT2D eigenvalue weighted by Crippen LogP contribution is 2.31. The SMILES string of the molecule is CCCCN(CC)c1cc2c(cc1COC(=O)NCc1cc(Cl)cc(Cl)c1)CCC2. The molecule has 1 amide bonds. The van der Waals surface area contributed by atoms with Gasteiger partial charge in [0.1, 0.15) is 6.61 Å². The number of hydrogen-bond acceptors (Lipinski definition) is 3. The van der Waals surface area contributed by atoms with E-state index in [4.69, 9.17) is 27.9 Å². The van der Waals surface area contributed by atoms with Crippen LogP contribution in [0, 0.1) is 0 Å². The lowest BCUT2D eigenvalue weighted by atomic mass is 10.0. The molecule has 6 heteroatoms. The van der Waals surface area contributed by atoms with E-state index in [1.807, 2.05) is 0 Å². The van der Waals surface area contributed by atoms with E-state index in [0.29, 0.717) is 16.6 Å². The molecule has 0 fully saturated rings. The molecule has 30 heavy (non-hydrogen) atoms. The number of anilines is 1. The number of hydrogen-bond donors (Lipinski definition) is 1. The van der Waals surface area contributed by atoms with Crippen LogP contribution >= 0.6 is 23.2 Å². The molecule has 0 bridgehead atoms. The van der Waals surface area contributed by atoms with Crippen molar-refractivity contribution >= 4 is 35.0 Å². The Hall–Kier alpha value is -1.91. The van der Waals surface area contributed by atoms with Crippen molar-refractivity contribution in [1.82, 2.24) is 5.32 Å². The van der Waals surface area contributed by atoms with Crippen LogP contribution in [0.4, 0.5) is 10.5 Å². The van der Waals surface area contributed by atoms with Gasteiger partial charge in [-0.25, -0.2) is 4.79 Å². The molecule has 0 saturated carbocycles. The molecular formula is C24H30Cl2N2O2. The van der Waals surface area contributed by atoms with Gasteiger partial charge in [0.15, 0.2) is 0 Å². The number of carbonyl (C=O) groups is 1. The molecule has 1 aliphatic rings. The van der Waals surface area contributed by atoms with Gasteiger partial charge in [0.25, 0.3) is 0 Å². The van der Waals surface area contributed by atoms with Crippen molar-refractivity contribution in [3.63, 3.8) is 0 Å². The van der Waals surface area contributed by atoms with Crippen LogP contribution in [0.1, 0.15) is 55.4 Å². The Morgan fingerprint density at radius 1 is 1.07 bits per heavy atom. The van der Waals surface area contributed by atoms with E-state index in [1.54, 1.807) is 18.2 Å². The van der Waals surface area contributed by atoms with Gasteiger partial charge in [-0.3, -0.25) is 0 Å². The predicted molar refractivity (Wildman–Crippen MR) is 125 cm³/mol. The fraction of sp³-hybridized carbons (Fsp3) is 0.458. The highest BCUT2D eigenvalue weighted by Gasteiger charge is 2.18. The minimum Gasteiger partial charge on any atom is -0.445 e. The zero-order valence-electron chi connectivity index (χ0n) is 17.8. The minimum atomic E-state index is -0.450. The third-order valence-electron chi connectivity index (χ3n) is 5.52. The Balaban J connectivity index is 1.66. The summed E-state index contributed by atoms with van der Waals surface area (Å²) < 4.78 is 5.57. The zero-order valence-corrected chi connectivity index (χ0v) is 19.3. The van der Waals surface area contributed by atoms with Crippen LogP contribution in [-0.4, -0.2) is 19.2 Å². The summed E-state index contributed by atoms with van der Waals surface area (Å²) in [4.78, 5) is 14.7. The number of rotatable bonds is 9. The lowest BCUT2D eigenvalue weighted by Gasteiger charge is -2.26. The van der Waals surface area contributed by atoms with E-state index in [9.17, 15) is 4.79 Å². The molecular weight excluding hydrogens is 419 g/mol. The lowest BCUT2D eigenvalue weighted by Crippen LogP contribution is -2.27. The number of amides is 1. The van der Waals surface area contributed by atoms with Gasteiger partial charge in [0, 0.05) is 40.9 Å². The maximum Gasteiger partial charge on any atom is 0.407 e. The number of unbranched alkanes of at least 4 members (excludes halogenated alkanes) is 1. The molecule has 0 heterocycles. The normalized spacial score (nSPS) is 12.5. The number of nitrogens with one attached hydrogen (secondary N) is 1. The van der Waals surface area contributed by atoms with Crippen molar-refractivity contribution in [3.05, 3.63) is 62.6 Å². The van der Waals surface area contributed by atoms with Crippen molar-refractivity contribution in [1.29, 1.82) is 0 Å². The van der Waals surface area contributed by atoms with Crippen LogP contribution in [0.15, 0.2) is 30.3 Å². The summed E-state index contributed by atoms with van der Waals surface area (Å²) >= 11 is 12.0. The highest BCUT2D eigenvalue weighted by atomic mass is 35.5. The molecule has 3 rings (SSSR count). The second-order valence-corrected chi connectivity index (χ2v) is 8.62. The Morgan fingerprint density at radius 3 is 2.43 bits per heavy atom. The molecule has 0 spiro atoms. The molecule has 1 N–H and O–H groups in total. The molecule has 0 radical (unpaired) electrons. The Morgan fingerprint density at radius 2 is 1.77 bits per heavy atom. The second-order valence-electron chi connectivity index (χ2n) is 7.74. The molecule has 0 atom stereocenters. The molecule has 0 unspecified atom stereocenters. The highest BCUT2D eigenvalue weighted by molar-refractivity contribution is 6.34. The Labute approximate surface area is 189 Å². The van der Waals surface area contributed by atoms with Crippen molar-refractivity contribution in [2.24, 2.45) is 0 Å². The van der Waals surface area contributed by atoms with E-state index in [-0.39, 0.29) is 6.61 Å². The summed E-state index contributed by atoms with van der Waals surface area (Å²) in [5.41, 5.74) is 5.93. The number of halogens is 2. The van der Waals surface area contributed by atoms with Crippen molar-refractivity contribution < 1.29 is 9.53 Å². The molecule has 2 aromatic carbocycles. The number of ether oxygens (including phenoxy) is 1. The van der Waals surface area contributed by atoms with Gasteiger partial charge in [0.05, 0.1) is 0 Å². The number of alkyl carbamates (subject to hydrolysis) is 1. The smallest absolute Gasteiger partial charge is 0.407 e. The first-order valence-corrected chi connectivity index (χ1v) is 11.5. The topological polar surface area (TPSA) is 41.6 Å². The zero-order chi connectivity index (χ0) is 21.5. The largest absolute Gasteiger partial charge is 0.445 e. The van der Waals surface area contributed by atoms with E-state index in [0.717, 1.165) is 49.9 Å². The summed E-state index contributed by atoms with van der Waals surface area (Å²) in [5, 5.41) is 3.87. The molecule has 0 saturated heterocycles. The van der Waals surface area contributed by atoms with E-state index >= 15 is 0 Å². The first-order valence-electron chi connectivity index (χ1n) is 10.7. The van der Waals surface area contributed by atoms with Gasteiger partial charge < -0.3 is 15.0 Å². The van der Waals surface area contributed by atoms with Gasteiger partial charge in [-0.2, -0.15) is 0 Å². The van der Waals surface area contributed by atoms with E-state index in [2.05, 4.69) is 36.2 Å². The van der Waals surface area contributed by atoms with Crippen LogP contribution in [0.5, 0.6) is 0 Å². The monoisotopic (exact) mass is 448 g/mol. The van der Waals surface area contributed by atoms with Crippen LogP contribution in [-0.2, 0) is 30.7 Å². The van der Waals surface area contributed by atoms with Crippen molar-refractivity contribution in [3.8, 4) is 0 Å². The summed E-state index contributed by atoms with van der Waals surface area (Å²) in [6.45, 7) is 6.91. The van der Waals surface area contributed by atoms with Crippen LogP contribution in [0.3, 0.4) is 0 Å². The average molecular weight is 449 g/mol. The number of nitrogens with zero attached hydrogens (tertiary/aromatic N) is 1. The molecule has 0 aliphatic heterocycles. The van der Waals surface area contributed by atoms with Gasteiger partial charge in [-0.1, -0.05) is 42.6 Å². The summed E-state index contributed by atoms with van der Waals surface area (Å²) in [5.74, 6) is 0. The maximum atomic E-state index is 12.3. The van der Waals surface area contributed by atoms with Crippen LogP contribution in [0.25, 0.3) is 0 Å². The van der Waals surface area contributed by atoms with E-state index in [1.165, 1.54) is 23.2 Å². The second kappa shape index (κ2) is 10.9. The van der Waals surface area contributed by atoms with Crippen molar-refractivity contribution in [2.45, 2.75) is 59.1 Å². The van der Waals surface area contributed by atoms with Gasteiger partial charge >= 0.3 is 6.09 Å². The number of benzene rings is 2. The summed E-state index contributed by atoms with van der Waals surface area (Å²) in [6.07, 6.45) is 5.29. The van der Waals surface area contributed by atoms with Crippen molar-refractivity contribution in [2.75, 3.05) is 18.0 Å². The summed E-state index contributed by atoms with van der Waals surface area (Å²) in [7, 11) is 0. The lowest BCUT2D eigenvalue weighted by molar-refractivity contribution is 0.139. The quantitative estimate of drug-likeness (QED) is 0.473. The molecule has 1 aliphatic carbocycles. The first-order chi connectivity index (χ1) is 14.5. The number of aryl methyl sites for hydroxylation is 2. The minimum absolute atomic E-state index is 0.257. The molecule has 2 aromatic rings.